The molecule has 1 aromatic heterocycles. The van der Waals surface area contributed by atoms with E-state index in [-0.39, 0.29) is 24.4 Å². The standard InChI is InChI=1S/C16H16N4O3/c21-14-16(8-4-5-9-16)17-15(22)20(14)10-12-18-19-13(23-12)11-6-2-1-3-7-11/h1-3,6-7H,4-5,8-10H2,(H,17,22). The van der Waals surface area contributed by atoms with Crippen molar-refractivity contribution >= 4 is 11.9 Å². The third kappa shape index (κ3) is 2.28. The summed E-state index contributed by atoms with van der Waals surface area (Å²) in [4.78, 5) is 25.9. The SMILES string of the molecule is O=C1NC2(CCCC2)C(=O)N1Cc1nnc(-c2ccccc2)o1. The average molecular weight is 312 g/mol. The van der Waals surface area contributed by atoms with Gasteiger partial charge in [-0.25, -0.2) is 4.79 Å². The van der Waals surface area contributed by atoms with Gasteiger partial charge in [0.1, 0.15) is 12.1 Å². The molecule has 7 nitrogen and oxygen atoms in total. The summed E-state index contributed by atoms with van der Waals surface area (Å²) in [6.45, 7) is 0.00620. The van der Waals surface area contributed by atoms with Gasteiger partial charge in [-0.3, -0.25) is 9.69 Å². The first-order chi connectivity index (χ1) is 11.2. The van der Waals surface area contributed by atoms with E-state index < -0.39 is 5.54 Å². The van der Waals surface area contributed by atoms with Crippen LogP contribution in [0, 0.1) is 0 Å². The van der Waals surface area contributed by atoms with Crippen molar-refractivity contribution < 1.29 is 14.0 Å². The van der Waals surface area contributed by atoms with E-state index in [9.17, 15) is 9.59 Å². The summed E-state index contributed by atoms with van der Waals surface area (Å²) in [6.07, 6.45) is 3.32. The van der Waals surface area contributed by atoms with Crippen molar-refractivity contribution in [2.45, 2.75) is 37.8 Å². The van der Waals surface area contributed by atoms with Gasteiger partial charge in [0.05, 0.1) is 0 Å². The van der Waals surface area contributed by atoms with E-state index in [0.717, 1.165) is 18.4 Å². The predicted molar refractivity (Wildman–Crippen MR) is 80.0 cm³/mol. The first kappa shape index (κ1) is 13.9. The molecule has 1 aliphatic carbocycles. The zero-order valence-corrected chi connectivity index (χ0v) is 12.5. The van der Waals surface area contributed by atoms with Crippen molar-refractivity contribution in [2.75, 3.05) is 0 Å². The van der Waals surface area contributed by atoms with Gasteiger partial charge >= 0.3 is 6.03 Å². The van der Waals surface area contributed by atoms with Crippen molar-refractivity contribution in [1.82, 2.24) is 20.4 Å². The van der Waals surface area contributed by atoms with Crippen molar-refractivity contribution in [3.8, 4) is 11.5 Å². The van der Waals surface area contributed by atoms with Crippen LogP contribution in [-0.4, -0.2) is 32.6 Å². The van der Waals surface area contributed by atoms with Crippen molar-refractivity contribution in [2.24, 2.45) is 0 Å². The van der Waals surface area contributed by atoms with Gasteiger partial charge in [-0.1, -0.05) is 31.0 Å². The number of benzene rings is 1. The maximum Gasteiger partial charge on any atom is 0.325 e. The van der Waals surface area contributed by atoms with Crippen LogP contribution >= 0.6 is 0 Å². The van der Waals surface area contributed by atoms with E-state index in [2.05, 4.69) is 15.5 Å². The molecule has 2 aromatic rings. The van der Waals surface area contributed by atoms with E-state index in [0.29, 0.717) is 18.7 Å². The number of urea groups is 1. The molecule has 4 rings (SSSR count). The molecule has 0 unspecified atom stereocenters. The smallest absolute Gasteiger partial charge is 0.325 e. The number of hydrogen-bond acceptors (Lipinski definition) is 5. The van der Waals surface area contributed by atoms with Crippen molar-refractivity contribution in [3.05, 3.63) is 36.2 Å². The van der Waals surface area contributed by atoms with Crippen molar-refractivity contribution in [1.29, 1.82) is 0 Å². The minimum absolute atomic E-state index is 0.00620. The lowest BCUT2D eigenvalue weighted by molar-refractivity contribution is -0.131. The number of aromatic nitrogens is 2. The lowest BCUT2D eigenvalue weighted by atomic mass is 9.98. The first-order valence-corrected chi connectivity index (χ1v) is 7.70. The third-order valence-corrected chi connectivity index (χ3v) is 4.48. The number of amides is 3. The Morgan fingerprint density at radius 1 is 1.13 bits per heavy atom. The highest BCUT2D eigenvalue weighted by molar-refractivity contribution is 6.07. The average Bonchev–Trinajstić information content (AvgIpc) is 3.27. The summed E-state index contributed by atoms with van der Waals surface area (Å²) in [5.74, 6) is 0.449. The fourth-order valence-corrected chi connectivity index (χ4v) is 3.29. The van der Waals surface area contributed by atoms with Gasteiger partial charge in [0.15, 0.2) is 0 Å². The molecule has 1 aromatic carbocycles. The molecule has 0 bridgehead atoms. The molecule has 1 aliphatic heterocycles. The molecule has 2 fully saturated rings. The second-order valence-electron chi connectivity index (χ2n) is 5.98. The Bertz CT molecular complexity index is 750. The number of carbonyl (C=O) groups excluding carboxylic acids is 2. The quantitative estimate of drug-likeness (QED) is 0.877. The maximum atomic E-state index is 12.6. The summed E-state index contributed by atoms with van der Waals surface area (Å²) in [6, 6.07) is 8.99. The summed E-state index contributed by atoms with van der Waals surface area (Å²) < 4.78 is 5.58. The Kier molecular flexibility index (Phi) is 3.14. The second kappa shape index (κ2) is 5.19. The number of imide groups is 1. The highest BCUT2D eigenvalue weighted by Crippen LogP contribution is 2.35. The maximum absolute atomic E-state index is 12.6. The summed E-state index contributed by atoms with van der Waals surface area (Å²) in [7, 11) is 0. The van der Waals surface area contributed by atoms with Crippen LogP contribution in [0.25, 0.3) is 11.5 Å². The highest BCUT2D eigenvalue weighted by atomic mass is 16.4. The lowest BCUT2D eigenvalue weighted by Crippen LogP contribution is -2.44. The molecule has 3 amide bonds. The van der Waals surface area contributed by atoms with E-state index in [1.165, 1.54) is 4.90 Å². The Morgan fingerprint density at radius 2 is 1.87 bits per heavy atom. The third-order valence-electron chi connectivity index (χ3n) is 4.48. The van der Waals surface area contributed by atoms with Crippen LogP contribution in [0.15, 0.2) is 34.7 Å². The Balaban J connectivity index is 1.54. The summed E-state index contributed by atoms with van der Waals surface area (Å²) in [5, 5.41) is 10.8. The van der Waals surface area contributed by atoms with E-state index in [4.69, 9.17) is 4.42 Å². The van der Waals surface area contributed by atoms with E-state index in [1.807, 2.05) is 30.3 Å². The fraction of sp³-hybridized carbons (Fsp3) is 0.375. The molecule has 1 saturated heterocycles. The minimum atomic E-state index is -0.709. The molecule has 1 N–H and O–H groups in total. The van der Waals surface area contributed by atoms with Gasteiger partial charge < -0.3 is 9.73 Å². The monoisotopic (exact) mass is 312 g/mol. The van der Waals surface area contributed by atoms with Gasteiger partial charge in [-0.15, -0.1) is 10.2 Å². The van der Waals surface area contributed by atoms with Crippen LogP contribution in [-0.2, 0) is 11.3 Å². The highest BCUT2D eigenvalue weighted by Gasteiger charge is 2.52. The van der Waals surface area contributed by atoms with Crippen molar-refractivity contribution in [3.63, 3.8) is 0 Å². The molecule has 2 heterocycles. The number of nitrogens with one attached hydrogen (secondary N) is 1. The van der Waals surface area contributed by atoms with Gasteiger partial charge in [-0.2, -0.15) is 0 Å². The van der Waals surface area contributed by atoms with Crippen LogP contribution in [0.4, 0.5) is 4.79 Å². The number of nitrogens with zero attached hydrogens (tertiary/aromatic N) is 3. The van der Waals surface area contributed by atoms with Gasteiger partial charge in [0.2, 0.25) is 11.8 Å². The molecule has 0 radical (unpaired) electrons. The van der Waals surface area contributed by atoms with Crippen LogP contribution < -0.4 is 5.32 Å². The fourth-order valence-electron chi connectivity index (χ4n) is 3.29. The molecule has 1 saturated carbocycles. The number of hydrogen-bond donors (Lipinski definition) is 1. The molecular formula is C16H16N4O3. The predicted octanol–water partition coefficient (Wildman–Crippen LogP) is 2.10. The number of rotatable bonds is 3. The van der Waals surface area contributed by atoms with Gasteiger partial charge in [-0.05, 0) is 25.0 Å². The van der Waals surface area contributed by atoms with Crippen LogP contribution in [0.5, 0.6) is 0 Å². The normalized spacial score (nSPS) is 19.6. The molecule has 7 heteroatoms. The zero-order valence-electron chi connectivity index (χ0n) is 12.5. The summed E-state index contributed by atoms with van der Waals surface area (Å²) >= 11 is 0. The van der Waals surface area contributed by atoms with Crippen LogP contribution in [0.2, 0.25) is 0 Å². The Labute approximate surface area is 132 Å². The Hall–Kier alpha value is -2.70. The molecule has 2 aliphatic rings. The topological polar surface area (TPSA) is 88.3 Å². The molecule has 0 atom stereocenters. The van der Waals surface area contributed by atoms with Gasteiger partial charge in [0, 0.05) is 5.56 Å². The van der Waals surface area contributed by atoms with Gasteiger partial charge in [0.25, 0.3) is 5.91 Å². The lowest BCUT2D eigenvalue weighted by Gasteiger charge is -2.19. The molecule has 23 heavy (non-hydrogen) atoms. The largest absolute Gasteiger partial charge is 0.419 e. The second-order valence-corrected chi connectivity index (χ2v) is 5.98. The van der Waals surface area contributed by atoms with Crippen LogP contribution in [0.1, 0.15) is 31.6 Å². The molecular weight excluding hydrogens is 296 g/mol. The summed E-state index contributed by atoms with van der Waals surface area (Å²) in [5.41, 5.74) is 0.0926. The molecule has 1 spiro atoms. The first-order valence-electron chi connectivity index (χ1n) is 7.70. The van der Waals surface area contributed by atoms with E-state index >= 15 is 0 Å². The minimum Gasteiger partial charge on any atom is -0.419 e. The Morgan fingerprint density at radius 3 is 2.61 bits per heavy atom. The van der Waals surface area contributed by atoms with E-state index in [1.54, 1.807) is 0 Å². The number of carbonyl (C=O) groups is 2. The molecule has 118 valence electrons. The zero-order chi connectivity index (χ0) is 15.9. The van der Waals surface area contributed by atoms with Crippen LogP contribution in [0.3, 0.4) is 0 Å².